The number of ketones is 1. The maximum Gasteiger partial charge on any atom is 0.295 e. The van der Waals surface area contributed by atoms with Crippen LogP contribution in [0.5, 0.6) is 11.5 Å². The number of carbonyl (C=O) groups is 2. The Hall–Kier alpha value is -5.69. The third-order valence-corrected chi connectivity index (χ3v) is 7.84. The second-order valence-electron chi connectivity index (χ2n) is 10.9. The van der Waals surface area contributed by atoms with Gasteiger partial charge >= 0.3 is 0 Å². The van der Waals surface area contributed by atoms with Crippen molar-refractivity contribution in [1.82, 2.24) is 9.88 Å². The van der Waals surface area contributed by atoms with Crippen LogP contribution in [0, 0.1) is 6.92 Å². The van der Waals surface area contributed by atoms with E-state index < -0.39 is 17.7 Å². The summed E-state index contributed by atoms with van der Waals surface area (Å²) in [6.45, 7) is 3.00. The van der Waals surface area contributed by atoms with Crippen molar-refractivity contribution < 1.29 is 24.2 Å². The van der Waals surface area contributed by atoms with E-state index in [2.05, 4.69) is 4.98 Å². The third-order valence-electron chi connectivity index (χ3n) is 7.84. The molecule has 45 heavy (non-hydrogen) atoms. The van der Waals surface area contributed by atoms with Gasteiger partial charge in [-0.05, 0) is 77.2 Å². The van der Waals surface area contributed by atoms with Gasteiger partial charge in [0.1, 0.15) is 30.5 Å². The minimum absolute atomic E-state index is 0.0235. The van der Waals surface area contributed by atoms with Crippen molar-refractivity contribution in [3.05, 3.63) is 167 Å². The van der Waals surface area contributed by atoms with Crippen LogP contribution in [0.15, 0.2) is 133 Å². The van der Waals surface area contributed by atoms with E-state index in [1.54, 1.807) is 42.7 Å². The molecule has 0 spiro atoms. The van der Waals surface area contributed by atoms with Crippen molar-refractivity contribution in [2.24, 2.45) is 0 Å². The van der Waals surface area contributed by atoms with E-state index in [1.165, 1.54) is 4.90 Å². The standard InChI is InChI=1S/C38H32N2O5/c1-26-8-5-6-12-31(26)25-45-33-19-15-30(16-20-33)36(41)34-35(40(38(43)37(34)42)23-28-11-7-21-39-22-28)29-13-17-32(18-14-29)44-24-27-9-3-2-4-10-27/h2-22,35,41H,23-25H2,1H3/b36-34+. The number of hydrogen-bond donors (Lipinski definition) is 1. The summed E-state index contributed by atoms with van der Waals surface area (Å²) in [5, 5.41) is 11.5. The van der Waals surface area contributed by atoms with Crippen molar-refractivity contribution in [3.63, 3.8) is 0 Å². The first-order valence-electron chi connectivity index (χ1n) is 14.7. The first kappa shape index (κ1) is 29.4. The van der Waals surface area contributed by atoms with Gasteiger partial charge in [0.05, 0.1) is 11.6 Å². The molecular formula is C38H32N2O5. The Morgan fingerprint density at radius 3 is 2.09 bits per heavy atom. The number of Topliss-reactive ketones (excluding diaryl/α,β-unsaturated/α-hetero) is 1. The summed E-state index contributed by atoms with van der Waals surface area (Å²) in [5.74, 6) is -0.414. The van der Waals surface area contributed by atoms with Crippen molar-refractivity contribution in [3.8, 4) is 11.5 Å². The van der Waals surface area contributed by atoms with Crippen LogP contribution in [0.1, 0.15) is 39.4 Å². The van der Waals surface area contributed by atoms with Crippen LogP contribution in [0.4, 0.5) is 0 Å². The SMILES string of the molecule is Cc1ccccc1COc1ccc(/C(O)=C2\C(=O)C(=O)N(Cc3cccnc3)C2c2ccc(OCc3ccccc3)cc2)cc1. The summed E-state index contributed by atoms with van der Waals surface area (Å²) >= 11 is 0. The molecule has 1 aliphatic heterocycles. The molecule has 1 atom stereocenters. The second-order valence-corrected chi connectivity index (χ2v) is 10.9. The van der Waals surface area contributed by atoms with Gasteiger partial charge in [0.2, 0.25) is 0 Å². The van der Waals surface area contributed by atoms with Crippen molar-refractivity contribution in [2.45, 2.75) is 32.7 Å². The summed E-state index contributed by atoms with van der Waals surface area (Å²) < 4.78 is 11.9. The predicted molar refractivity (Wildman–Crippen MR) is 171 cm³/mol. The van der Waals surface area contributed by atoms with Crippen LogP contribution >= 0.6 is 0 Å². The average Bonchev–Trinajstić information content (AvgIpc) is 3.33. The summed E-state index contributed by atoms with van der Waals surface area (Å²) in [6, 6.07) is 34.8. The number of pyridine rings is 1. The Morgan fingerprint density at radius 2 is 1.40 bits per heavy atom. The number of aryl methyl sites for hydroxylation is 1. The lowest BCUT2D eigenvalue weighted by atomic mass is 9.95. The van der Waals surface area contributed by atoms with Crippen LogP contribution in [0.3, 0.4) is 0 Å². The number of aliphatic hydroxyl groups is 1. The van der Waals surface area contributed by atoms with E-state index in [-0.39, 0.29) is 17.9 Å². The molecule has 7 nitrogen and oxygen atoms in total. The van der Waals surface area contributed by atoms with Gasteiger partial charge in [-0.25, -0.2) is 0 Å². The number of ether oxygens (including phenoxy) is 2. The number of nitrogens with zero attached hydrogens (tertiary/aromatic N) is 2. The lowest BCUT2D eigenvalue weighted by Gasteiger charge is -2.25. The van der Waals surface area contributed by atoms with Crippen molar-refractivity contribution >= 4 is 17.4 Å². The van der Waals surface area contributed by atoms with E-state index >= 15 is 0 Å². The summed E-state index contributed by atoms with van der Waals surface area (Å²) in [7, 11) is 0. The number of carbonyl (C=O) groups excluding carboxylic acids is 2. The molecular weight excluding hydrogens is 564 g/mol. The molecule has 1 amide bonds. The highest BCUT2D eigenvalue weighted by molar-refractivity contribution is 6.46. The van der Waals surface area contributed by atoms with Crippen LogP contribution < -0.4 is 9.47 Å². The molecule has 0 radical (unpaired) electrons. The number of aliphatic hydroxyl groups excluding tert-OH is 1. The third kappa shape index (κ3) is 6.63. The van der Waals surface area contributed by atoms with Gasteiger partial charge in [-0.1, -0.05) is 72.8 Å². The quantitative estimate of drug-likeness (QED) is 0.104. The molecule has 224 valence electrons. The lowest BCUT2D eigenvalue weighted by Crippen LogP contribution is -2.29. The predicted octanol–water partition coefficient (Wildman–Crippen LogP) is 7.17. The highest BCUT2D eigenvalue weighted by Gasteiger charge is 2.46. The lowest BCUT2D eigenvalue weighted by molar-refractivity contribution is -0.140. The molecule has 0 saturated carbocycles. The fraction of sp³-hybridized carbons (Fsp3) is 0.132. The minimum Gasteiger partial charge on any atom is -0.507 e. The molecule has 1 unspecified atom stereocenters. The molecule has 1 fully saturated rings. The molecule has 2 heterocycles. The minimum atomic E-state index is -0.814. The largest absolute Gasteiger partial charge is 0.507 e. The number of benzene rings is 4. The number of likely N-dealkylation sites (tertiary alicyclic amines) is 1. The van der Waals surface area contributed by atoms with Gasteiger partial charge in [0.15, 0.2) is 0 Å². The number of aromatic nitrogens is 1. The molecule has 1 aromatic heterocycles. The smallest absolute Gasteiger partial charge is 0.295 e. The highest BCUT2D eigenvalue weighted by atomic mass is 16.5. The molecule has 0 bridgehead atoms. The fourth-order valence-corrected chi connectivity index (χ4v) is 5.36. The van der Waals surface area contributed by atoms with Gasteiger partial charge in [-0.3, -0.25) is 14.6 Å². The summed E-state index contributed by atoms with van der Waals surface area (Å²) in [5.41, 5.74) is 5.12. The summed E-state index contributed by atoms with van der Waals surface area (Å²) in [4.78, 5) is 32.6. The van der Waals surface area contributed by atoms with Gasteiger partial charge in [-0.15, -0.1) is 0 Å². The number of hydrogen-bond acceptors (Lipinski definition) is 6. The molecule has 1 aliphatic rings. The maximum absolute atomic E-state index is 13.5. The summed E-state index contributed by atoms with van der Waals surface area (Å²) in [6.07, 6.45) is 3.31. The normalized spacial score (nSPS) is 15.7. The molecule has 4 aromatic carbocycles. The van der Waals surface area contributed by atoms with Crippen LogP contribution in [-0.2, 0) is 29.3 Å². The van der Waals surface area contributed by atoms with E-state index in [0.29, 0.717) is 35.8 Å². The van der Waals surface area contributed by atoms with E-state index in [9.17, 15) is 14.7 Å². The number of rotatable bonds is 10. The fourth-order valence-electron chi connectivity index (χ4n) is 5.36. The van der Waals surface area contributed by atoms with Crippen molar-refractivity contribution in [1.29, 1.82) is 0 Å². The molecule has 6 rings (SSSR count). The van der Waals surface area contributed by atoms with Crippen LogP contribution in [0.2, 0.25) is 0 Å². The maximum atomic E-state index is 13.5. The monoisotopic (exact) mass is 596 g/mol. The Bertz CT molecular complexity index is 1820. The average molecular weight is 597 g/mol. The van der Waals surface area contributed by atoms with Crippen molar-refractivity contribution in [2.75, 3.05) is 0 Å². The van der Waals surface area contributed by atoms with E-state index in [1.807, 2.05) is 91.9 Å². The zero-order valence-electron chi connectivity index (χ0n) is 24.8. The van der Waals surface area contributed by atoms with Gasteiger partial charge in [0.25, 0.3) is 11.7 Å². The Balaban J connectivity index is 1.29. The molecule has 5 aromatic rings. The van der Waals surface area contributed by atoms with Gasteiger partial charge in [-0.2, -0.15) is 0 Å². The number of amides is 1. The van der Waals surface area contributed by atoms with E-state index in [4.69, 9.17) is 9.47 Å². The first-order valence-corrected chi connectivity index (χ1v) is 14.7. The van der Waals surface area contributed by atoms with Crippen LogP contribution in [0.25, 0.3) is 5.76 Å². The molecule has 1 saturated heterocycles. The Morgan fingerprint density at radius 1 is 0.756 bits per heavy atom. The van der Waals surface area contributed by atoms with E-state index in [0.717, 1.165) is 22.3 Å². The highest BCUT2D eigenvalue weighted by Crippen LogP contribution is 2.41. The zero-order chi connectivity index (χ0) is 31.2. The first-order chi connectivity index (χ1) is 22.0. The Kier molecular flexibility index (Phi) is 8.69. The molecule has 1 N–H and O–H groups in total. The zero-order valence-corrected chi connectivity index (χ0v) is 24.8. The van der Waals surface area contributed by atoms with Gasteiger partial charge in [0, 0.05) is 24.5 Å². The van der Waals surface area contributed by atoms with Crippen LogP contribution in [-0.4, -0.2) is 26.7 Å². The Labute approximate surface area is 262 Å². The second kappa shape index (κ2) is 13.3. The van der Waals surface area contributed by atoms with Gasteiger partial charge < -0.3 is 19.5 Å². The molecule has 7 heteroatoms. The molecule has 0 aliphatic carbocycles. The topological polar surface area (TPSA) is 89.0 Å².